The molecule has 0 N–H and O–H groups in total. The van der Waals surface area contributed by atoms with Crippen molar-refractivity contribution in [2.75, 3.05) is 40.1 Å². The molecule has 0 radical (unpaired) electrons. The van der Waals surface area contributed by atoms with E-state index in [0.717, 1.165) is 58.3 Å². The van der Waals surface area contributed by atoms with Crippen LogP contribution in [0.5, 0.6) is 0 Å². The third-order valence-electron chi connectivity index (χ3n) is 4.54. The third-order valence-corrected chi connectivity index (χ3v) is 11.5. The number of hydrogen-bond donors (Lipinski definition) is 0. The fraction of sp³-hybridized carbons (Fsp3) is 1.00. The van der Waals surface area contributed by atoms with Gasteiger partial charge >= 0.3 is 12.0 Å². The summed E-state index contributed by atoms with van der Waals surface area (Å²) in [6, 6.07) is -5.16. The molecule has 0 bridgehead atoms. The molecule has 0 rings (SSSR count). The van der Waals surface area contributed by atoms with E-state index in [4.69, 9.17) is 80.7 Å². The Morgan fingerprint density at radius 1 is 0.586 bits per heavy atom. The van der Waals surface area contributed by atoms with Crippen molar-refractivity contribution in [3.05, 3.63) is 0 Å². The molecule has 0 saturated carbocycles. The zero-order valence-corrected chi connectivity index (χ0v) is 23.9. The maximum atomic E-state index is 6.18. The first-order chi connectivity index (χ1) is 13.7. The molecule has 0 saturated heterocycles. The Morgan fingerprint density at radius 2 is 1.03 bits per heavy atom. The standard InChI is InChI=1S/C18H36Cl6O3Si2/c1-25-15-16-27-14-10-9-13-26-12-8-6-4-2-3-5-7-11-18(29(22,23)24)17-28(19,20)21/h18H,2-17H2,1H3. The number of halogens is 6. The Hall–Kier alpha value is 2.05. The van der Waals surface area contributed by atoms with Gasteiger partial charge in [0.05, 0.1) is 13.2 Å². The summed E-state index contributed by atoms with van der Waals surface area (Å²) in [5, 5.41) is 0. The Labute approximate surface area is 207 Å². The Bertz CT molecular complexity index is 370. The summed E-state index contributed by atoms with van der Waals surface area (Å²) in [4.78, 5) is 0. The van der Waals surface area contributed by atoms with Gasteiger partial charge in [0, 0.05) is 26.9 Å². The van der Waals surface area contributed by atoms with Crippen LogP contribution in [0.3, 0.4) is 0 Å². The van der Waals surface area contributed by atoms with Gasteiger partial charge in [-0.3, -0.25) is 0 Å². The average Bonchev–Trinajstić information content (AvgIpc) is 2.61. The van der Waals surface area contributed by atoms with Crippen molar-refractivity contribution in [2.45, 2.75) is 75.8 Å². The van der Waals surface area contributed by atoms with Gasteiger partial charge in [-0.25, -0.2) is 0 Å². The summed E-state index contributed by atoms with van der Waals surface area (Å²) >= 11 is 36.6. The van der Waals surface area contributed by atoms with E-state index in [0.29, 0.717) is 19.3 Å². The molecule has 0 amide bonds. The molecule has 0 aliphatic heterocycles. The third kappa shape index (κ3) is 23.0. The highest BCUT2D eigenvalue weighted by molar-refractivity contribution is 7.67. The van der Waals surface area contributed by atoms with Gasteiger partial charge in [0.25, 0.3) is 0 Å². The molecule has 29 heavy (non-hydrogen) atoms. The monoisotopic (exact) mass is 566 g/mol. The number of hydrogen-bond acceptors (Lipinski definition) is 3. The van der Waals surface area contributed by atoms with E-state index in [1.54, 1.807) is 7.11 Å². The lowest BCUT2D eigenvalue weighted by atomic mass is 10.1. The predicted octanol–water partition coefficient (Wildman–Crippen LogP) is 8.25. The molecule has 0 aromatic heterocycles. The lowest BCUT2D eigenvalue weighted by Gasteiger charge is -2.24. The second-order valence-corrected chi connectivity index (χ2v) is 25.4. The molecule has 0 heterocycles. The van der Waals surface area contributed by atoms with Crippen molar-refractivity contribution in [1.82, 2.24) is 0 Å². The summed E-state index contributed by atoms with van der Waals surface area (Å²) in [6.07, 6.45) is 11.1. The van der Waals surface area contributed by atoms with E-state index >= 15 is 0 Å². The van der Waals surface area contributed by atoms with Crippen LogP contribution >= 0.6 is 66.5 Å². The molecule has 0 aliphatic carbocycles. The molecule has 3 nitrogen and oxygen atoms in total. The van der Waals surface area contributed by atoms with Crippen molar-refractivity contribution in [3.63, 3.8) is 0 Å². The van der Waals surface area contributed by atoms with Crippen LogP contribution in [0.4, 0.5) is 0 Å². The molecule has 0 aliphatic rings. The van der Waals surface area contributed by atoms with Crippen LogP contribution in [0.25, 0.3) is 0 Å². The van der Waals surface area contributed by atoms with E-state index < -0.39 is 12.0 Å². The minimum atomic E-state index is -2.83. The van der Waals surface area contributed by atoms with E-state index in [1.165, 1.54) is 25.7 Å². The summed E-state index contributed by atoms with van der Waals surface area (Å²) in [5.74, 6) is 0. The van der Waals surface area contributed by atoms with E-state index in [-0.39, 0.29) is 5.54 Å². The Kier molecular flexibility index (Phi) is 20.9. The molecule has 1 atom stereocenters. The van der Waals surface area contributed by atoms with Crippen LogP contribution in [0, 0.1) is 0 Å². The van der Waals surface area contributed by atoms with Gasteiger partial charge in [0.15, 0.2) is 0 Å². The second kappa shape index (κ2) is 19.5. The number of rotatable bonds is 21. The van der Waals surface area contributed by atoms with Crippen LogP contribution in [-0.4, -0.2) is 52.2 Å². The molecule has 0 spiro atoms. The summed E-state index contributed by atoms with van der Waals surface area (Å²) < 4.78 is 16.0. The Morgan fingerprint density at radius 3 is 1.52 bits per heavy atom. The van der Waals surface area contributed by atoms with E-state index in [2.05, 4.69) is 0 Å². The van der Waals surface area contributed by atoms with Crippen LogP contribution in [-0.2, 0) is 14.2 Å². The molecule has 1 unspecified atom stereocenters. The van der Waals surface area contributed by atoms with Gasteiger partial charge < -0.3 is 14.2 Å². The quantitative estimate of drug-likeness (QED) is 0.0792. The van der Waals surface area contributed by atoms with Crippen molar-refractivity contribution >= 4 is 78.5 Å². The molecule has 0 aromatic carbocycles. The molecule has 0 fully saturated rings. The minimum absolute atomic E-state index is 0.0549. The minimum Gasteiger partial charge on any atom is -0.382 e. The maximum absolute atomic E-state index is 6.18. The lowest BCUT2D eigenvalue weighted by molar-refractivity contribution is 0.0625. The fourth-order valence-corrected chi connectivity index (χ4v) is 11.9. The fourth-order valence-electron chi connectivity index (χ4n) is 2.89. The van der Waals surface area contributed by atoms with Gasteiger partial charge in [-0.05, 0) is 37.3 Å². The Balaban J connectivity index is 3.42. The average molecular weight is 569 g/mol. The van der Waals surface area contributed by atoms with Crippen molar-refractivity contribution in [2.24, 2.45) is 0 Å². The highest BCUT2D eigenvalue weighted by atomic mass is 35.8. The SMILES string of the molecule is COCCOCCCCOCCCCCCCCCC(C[Si](Cl)(Cl)Cl)[Si](Cl)(Cl)Cl. The lowest BCUT2D eigenvalue weighted by Crippen LogP contribution is -2.25. The molecule has 11 heteroatoms. The maximum Gasteiger partial charge on any atom is 0.344 e. The molecular weight excluding hydrogens is 533 g/mol. The zero-order chi connectivity index (χ0) is 22.0. The second-order valence-electron chi connectivity index (χ2n) is 7.25. The van der Waals surface area contributed by atoms with E-state index in [1.807, 2.05) is 0 Å². The van der Waals surface area contributed by atoms with Crippen LogP contribution < -0.4 is 0 Å². The van der Waals surface area contributed by atoms with Crippen molar-refractivity contribution < 1.29 is 14.2 Å². The summed E-state index contributed by atoms with van der Waals surface area (Å²) in [7, 11) is 1.68. The van der Waals surface area contributed by atoms with Gasteiger partial charge in [-0.2, -0.15) is 0 Å². The smallest absolute Gasteiger partial charge is 0.344 e. The van der Waals surface area contributed by atoms with E-state index in [9.17, 15) is 0 Å². The van der Waals surface area contributed by atoms with Gasteiger partial charge in [-0.1, -0.05) is 38.5 Å². The van der Waals surface area contributed by atoms with Gasteiger partial charge in [-0.15, -0.1) is 66.5 Å². The van der Waals surface area contributed by atoms with Crippen LogP contribution in [0.2, 0.25) is 11.6 Å². The predicted molar refractivity (Wildman–Crippen MR) is 135 cm³/mol. The largest absolute Gasteiger partial charge is 0.382 e. The highest BCUT2D eigenvalue weighted by Gasteiger charge is 2.42. The number of unbranched alkanes of at least 4 members (excludes halogenated alkanes) is 7. The molecular formula is C18H36Cl6O3Si2. The normalized spacial score (nSPS) is 13.8. The summed E-state index contributed by atoms with van der Waals surface area (Å²) in [5.41, 5.74) is -0.0549. The van der Waals surface area contributed by atoms with Crippen LogP contribution in [0.1, 0.15) is 64.2 Å². The number of ether oxygens (including phenoxy) is 3. The van der Waals surface area contributed by atoms with Gasteiger partial charge in [0.1, 0.15) is 0 Å². The number of methoxy groups -OCH3 is 1. The topological polar surface area (TPSA) is 27.7 Å². The highest BCUT2D eigenvalue weighted by Crippen LogP contribution is 2.45. The molecule has 176 valence electrons. The van der Waals surface area contributed by atoms with Gasteiger partial charge in [0.2, 0.25) is 0 Å². The first-order valence-electron chi connectivity index (χ1n) is 10.4. The summed E-state index contributed by atoms with van der Waals surface area (Å²) in [6.45, 7) is 3.78. The van der Waals surface area contributed by atoms with Crippen molar-refractivity contribution in [3.8, 4) is 0 Å². The molecule has 0 aromatic rings. The first-order valence-corrected chi connectivity index (χ1v) is 20.8. The van der Waals surface area contributed by atoms with Crippen LogP contribution in [0.15, 0.2) is 0 Å². The first kappa shape index (κ1) is 31.1. The van der Waals surface area contributed by atoms with Crippen molar-refractivity contribution in [1.29, 1.82) is 0 Å². The zero-order valence-electron chi connectivity index (χ0n) is 17.4.